The van der Waals surface area contributed by atoms with Crippen molar-refractivity contribution in [3.63, 3.8) is 0 Å². The van der Waals surface area contributed by atoms with E-state index in [1.54, 1.807) is 30.3 Å². The van der Waals surface area contributed by atoms with Crippen LogP contribution >= 0.6 is 0 Å². The second-order valence-corrected chi connectivity index (χ2v) is 4.93. The molecule has 3 rings (SSSR count). The first kappa shape index (κ1) is 15.7. The summed E-state index contributed by atoms with van der Waals surface area (Å²) >= 11 is 0. The van der Waals surface area contributed by atoms with Crippen LogP contribution in [-0.2, 0) is 9.53 Å². The number of nitrogens with zero attached hydrogens (tertiary/aromatic N) is 1. The van der Waals surface area contributed by atoms with Crippen molar-refractivity contribution >= 4 is 17.9 Å². The van der Waals surface area contributed by atoms with E-state index in [2.05, 4.69) is 4.99 Å². The van der Waals surface area contributed by atoms with Gasteiger partial charge in [0.2, 0.25) is 5.90 Å². The first-order chi connectivity index (χ1) is 11.6. The number of ether oxygens (including phenoxy) is 3. The van der Waals surface area contributed by atoms with Crippen LogP contribution in [0.2, 0.25) is 0 Å². The molecular formula is C18H14FNO4. The number of cyclic esters (lactones) is 1. The molecule has 0 aliphatic carbocycles. The maximum absolute atomic E-state index is 13.3. The van der Waals surface area contributed by atoms with Crippen LogP contribution in [0.1, 0.15) is 11.1 Å². The lowest BCUT2D eigenvalue weighted by molar-refractivity contribution is -0.129. The van der Waals surface area contributed by atoms with Crippen molar-refractivity contribution in [2.24, 2.45) is 4.99 Å². The van der Waals surface area contributed by atoms with Gasteiger partial charge >= 0.3 is 5.97 Å². The summed E-state index contributed by atoms with van der Waals surface area (Å²) in [4.78, 5) is 16.3. The molecule has 0 bridgehead atoms. The first-order valence-electron chi connectivity index (χ1n) is 7.12. The summed E-state index contributed by atoms with van der Waals surface area (Å²) in [5, 5.41) is 0. The van der Waals surface area contributed by atoms with Crippen molar-refractivity contribution in [1.29, 1.82) is 0 Å². The van der Waals surface area contributed by atoms with E-state index in [4.69, 9.17) is 14.2 Å². The van der Waals surface area contributed by atoms with Crippen molar-refractivity contribution in [3.05, 3.63) is 65.1 Å². The zero-order chi connectivity index (χ0) is 17.1. The van der Waals surface area contributed by atoms with Crippen molar-refractivity contribution in [2.45, 2.75) is 0 Å². The molecule has 0 unspecified atom stereocenters. The summed E-state index contributed by atoms with van der Waals surface area (Å²) < 4.78 is 29.1. The number of hydrogen-bond acceptors (Lipinski definition) is 5. The smallest absolute Gasteiger partial charge is 0.363 e. The molecule has 0 spiro atoms. The molecule has 0 N–H and O–H groups in total. The molecular weight excluding hydrogens is 313 g/mol. The van der Waals surface area contributed by atoms with Crippen LogP contribution < -0.4 is 9.47 Å². The second-order valence-electron chi connectivity index (χ2n) is 4.93. The summed E-state index contributed by atoms with van der Waals surface area (Å²) in [6.45, 7) is 0. The van der Waals surface area contributed by atoms with Crippen LogP contribution in [0.3, 0.4) is 0 Å². The molecule has 2 aromatic carbocycles. The Bertz CT molecular complexity index is 836. The lowest BCUT2D eigenvalue weighted by atomic mass is 10.1. The number of aliphatic imine (C=N–C) groups is 1. The molecule has 0 saturated carbocycles. The van der Waals surface area contributed by atoms with Crippen molar-refractivity contribution < 1.29 is 23.4 Å². The Kier molecular flexibility index (Phi) is 4.29. The highest BCUT2D eigenvalue weighted by Crippen LogP contribution is 2.32. The monoisotopic (exact) mass is 327 g/mol. The van der Waals surface area contributed by atoms with Crippen molar-refractivity contribution in [3.8, 4) is 11.5 Å². The van der Waals surface area contributed by atoms with Crippen LogP contribution in [0.5, 0.6) is 11.5 Å². The summed E-state index contributed by atoms with van der Waals surface area (Å²) in [6, 6.07) is 11.0. The lowest BCUT2D eigenvalue weighted by Crippen LogP contribution is -2.08. The average Bonchev–Trinajstić information content (AvgIpc) is 2.94. The topological polar surface area (TPSA) is 57.1 Å². The van der Waals surface area contributed by atoms with Gasteiger partial charge in [-0.15, -0.1) is 0 Å². The van der Waals surface area contributed by atoms with Crippen LogP contribution in [0, 0.1) is 5.82 Å². The molecule has 1 heterocycles. The lowest BCUT2D eigenvalue weighted by Gasteiger charge is -2.11. The van der Waals surface area contributed by atoms with E-state index < -0.39 is 11.8 Å². The summed E-state index contributed by atoms with van der Waals surface area (Å²) in [7, 11) is 3.00. The SMILES string of the molecule is COc1cccc(OC)c1C1=N/C(=C/c2cccc(F)c2)C(=O)O1. The standard InChI is InChI=1S/C18H14FNO4/c1-22-14-7-4-8-15(23-2)16(14)17-20-13(18(21)24-17)10-11-5-3-6-12(19)9-11/h3-10H,1-2H3/b13-10+. The molecule has 0 atom stereocenters. The molecule has 0 aromatic heterocycles. The fourth-order valence-electron chi connectivity index (χ4n) is 2.33. The van der Waals surface area contributed by atoms with E-state index in [0.717, 1.165) is 0 Å². The second kappa shape index (κ2) is 6.54. The van der Waals surface area contributed by atoms with Gasteiger partial charge in [-0.1, -0.05) is 18.2 Å². The quantitative estimate of drug-likeness (QED) is 0.639. The molecule has 1 aliphatic rings. The Morgan fingerprint density at radius 1 is 1.08 bits per heavy atom. The maximum atomic E-state index is 13.3. The fourth-order valence-corrected chi connectivity index (χ4v) is 2.33. The summed E-state index contributed by atoms with van der Waals surface area (Å²) in [5.74, 6) is -0.00806. The van der Waals surface area contributed by atoms with E-state index in [1.807, 2.05) is 0 Å². The first-order valence-corrected chi connectivity index (χ1v) is 7.12. The third kappa shape index (κ3) is 2.99. The third-order valence-electron chi connectivity index (χ3n) is 3.41. The Morgan fingerprint density at radius 3 is 2.38 bits per heavy atom. The number of hydrogen-bond donors (Lipinski definition) is 0. The number of esters is 1. The van der Waals surface area contributed by atoms with E-state index >= 15 is 0 Å². The number of carbonyl (C=O) groups excluding carboxylic acids is 1. The van der Waals surface area contributed by atoms with Gasteiger partial charge in [0.05, 0.1) is 14.2 Å². The molecule has 0 fully saturated rings. The van der Waals surface area contributed by atoms with Gasteiger partial charge in [-0.2, -0.15) is 0 Å². The molecule has 1 aliphatic heterocycles. The van der Waals surface area contributed by atoms with E-state index in [0.29, 0.717) is 22.6 Å². The van der Waals surface area contributed by atoms with Crippen LogP contribution in [0.4, 0.5) is 4.39 Å². The van der Waals surface area contributed by atoms with Gasteiger partial charge in [-0.25, -0.2) is 14.2 Å². The minimum absolute atomic E-state index is 0.0727. The zero-order valence-electron chi connectivity index (χ0n) is 13.1. The van der Waals surface area contributed by atoms with Gasteiger partial charge in [-0.05, 0) is 35.9 Å². The zero-order valence-corrected chi connectivity index (χ0v) is 13.1. The molecule has 5 nitrogen and oxygen atoms in total. The van der Waals surface area contributed by atoms with E-state index in [1.165, 1.54) is 32.4 Å². The van der Waals surface area contributed by atoms with Crippen LogP contribution in [0.15, 0.2) is 53.2 Å². The molecule has 2 aromatic rings. The third-order valence-corrected chi connectivity index (χ3v) is 3.41. The number of methoxy groups -OCH3 is 2. The highest BCUT2D eigenvalue weighted by Gasteiger charge is 2.28. The van der Waals surface area contributed by atoms with Crippen LogP contribution in [0.25, 0.3) is 6.08 Å². The maximum Gasteiger partial charge on any atom is 0.363 e. The molecule has 0 radical (unpaired) electrons. The van der Waals surface area contributed by atoms with E-state index in [-0.39, 0.29) is 11.6 Å². The Morgan fingerprint density at radius 2 is 1.75 bits per heavy atom. The molecule has 24 heavy (non-hydrogen) atoms. The number of halogens is 1. The summed E-state index contributed by atoms with van der Waals surface area (Å²) in [5.41, 5.74) is 1.03. The average molecular weight is 327 g/mol. The van der Waals surface area contributed by atoms with Gasteiger partial charge in [0.25, 0.3) is 0 Å². The number of benzene rings is 2. The predicted octanol–water partition coefficient (Wildman–Crippen LogP) is 3.19. The predicted molar refractivity (Wildman–Crippen MR) is 86.6 cm³/mol. The van der Waals surface area contributed by atoms with Gasteiger partial charge in [0.1, 0.15) is 22.9 Å². The largest absolute Gasteiger partial charge is 0.496 e. The number of rotatable bonds is 4. The van der Waals surface area contributed by atoms with Gasteiger partial charge in [0.15, 0.2) is 5.70 Å². The molecule has 6 heteroatoms. The highest BCUT2D eigenvalue weighted by atomic mass is 19.1. The van der Waals surface area contributed by atoms with Crippen molar-refractivity contribution in [1.82, 2.24) is 0 Å². The normalized spacial score (nSPS) is 15.2. The number of carbonyl (C=O) groups is 1. The summed E-state index contributed by atoms with van der Waals surface area (Å²) in [6.07, 6.45) is 1.46. The molecule has 0 saturated heterocycles. The minimum Gasteiger partial charge on any atom is -0.496 e. The van der Waals surface area contributed by atoms with Gasteiger partial charge < -0.3 is 14.2 Å². The van der Waals surface area contributed by atoms with Crippen LogP contribution in [-0.4, -0.2) is 26.1 Å². The fraction of sp³-hybridized carbons (Fsp3) is 0.111. The van der Waals surface area contributed by atoms with Gasteiger partial charge in [0, 0.05) is 0 Å². The minimum atomic E-state index is -0.623. The Labute approximate surface area is 138 Å². The Balaban J connectivity index is 2.04. The van der Waals surface area contributed by atoms with Crippen molar-refractivity contribution in [2.75, 3.05) is 14.2 Å². The van der Waals surface area contributed by atoms with E-state index in [9.17, 15) is 9.18 Å². The molecule has 0 amide bonds. The Hall–Kier alpha value is -3.15. The van der Waals surface area contributed by atoms with Gasteiger partial charge in [-0.3, -0.25) is 0 Å². The molecule has 122 valence electrons. The highest BCUT2D eigenvalue weighted by molar-refractivity contribution is 6.14.